The van der Waals surface area contributed by atoms with Crippen LogP contribution in [0.25, 0.3) is 0 Å². The van der Waals surface area contributed by atoms with E-state index in [2.05, 4.69) is 14.7 Å². The molecule has 0 aromatic rings. The predicted octanol–water partition coefficient (Wildman–Crippen LogP) is 1.84. The van der Waals surface area contributed by atoms with E-state index in [1.54, 1.807) is 0 Å². The molecular formula is C7H14N2O. The van der Waals surface area contributed by atoms with E-state index >= 15 is 0 Å². The molecule has 0 aliphatic carbocycles. The van der Waals surface area contributed by atoms with Gasteiger partial charge in [0.2, 0.25) is 0 Å². The molecule has 0 N–H and O–H groups in total. The first kappa shape index (κ1) is 9.14. The molecule has 1 heterocycles. The van der Waals surface area contributed by atoms with Gasteiger partial charge in [-0.3, -0.25) is 0 Å². The van der Waals surface area contributed by atoms with Gasteiger partial charge in [-0.2, -0.15) is 0 Å². The Hall–Kier alpha value is -0.860. The Morgan fingerprint density at radius 3 is 1.70 bits per heavy atom. The summed E-state index contributed by atoms with van der Waals surface area (Å²) in [5, 5.41) is 0. The van der Waals surface area contributed by atoms with Crippen LogP contribution in [0.3, 0.4) is 0 Å². The molecule has 3 nitrogen and oxygen atoms in total. The summed E-state index contributed by atoms with van der Waals surface area (Å²) in [6.07, 6.45) is 2.79. The van der Waals surface area contributed by atoms with Gasteiger partial charge in [0.1, 0.15) is 0 Å². The lowest BCUT2D eigenvalue weighted by Gasteiger charge is -2.14. The van der Waals surface area contributed by atoms with Gasteiger partial charge in [0.25, 0.3) is 0 Å². The molecule has 0 fully saturated rings. The van der Waals surface area contributed by atoms with Crippen molar-refractivity contribution in [2.45, 2.75) is 33.4 Å². The number of ether oxygens (including phenoxy) is 1. The molecule has 0 amide bonds. The zero-order chi connectivity index (χ0) is 8.04. The summed E-state index contributed by atoms with van der Waals surface area (Å²) in [6, 6.07) is 0. The molecule has 3 heteroatoms. The summed E-state index contributed by atoms with van der Waals surface area (Å²) in [6.45, 7) is 7.81. The van der Waals surface area contributed by atoms with Crippen molar-refractivity contribution in [3.63, 3.8) is 0 Å². The molecule has 0 saturated carbocycles. The Morgan fingerprint density at radius 2 is 1.50 bits per heavy atom. The molecule has 0 saturated heterocycles. The fourth-order valence-corrected chi connectivity index (χ4v) is 0.379. The Kier molecular flexibility index (Phi) is 3.69. The maximum Gasteiger partial charge on any atom is 0.180 e. The fourth-order valence-electron chi connectivity index (χ4n) is 0.379. The predicted molar refractivity (Wildman–Crippen MR) is 43.5 cm³/mol. The van der Waals surface area contributed by atoms with Crippen molar-refractivity contribution in [1.29, 1.82) is 0 Å². The van der Waals surface area contributed by atoms with Crippen LogP contribution < -0.4 is 0 Å². The average molecular weight is 142 g/mol. The van der Waals surface area contributed by atoms with E-state index < -0.39 is 0 Å². The first-order valence-electron chi connectivity index (χ1n) is 3.44. The number of hydrogen-bond acceptors (Lipinski definition) is 3. The maximum atomic E-state index is 4.62. The molecule has 1 rings (SSSR count). The van der Waals surface area contributed by atoms with E-state index in [4.69, 9.17) is 0 Å². The molecule has 0 bridgehead atoms. The average Bonchev–Trinajstić information content (AvgIpc) is 1.92. The van der Waals surface area contributed by atoms with Crippen LogP contribution in [0.2, 0.25) is 0 Å². The summed E-state index contributed by atoms with van der Waals surface area (Å²) in [4.78, 5) is 7.83. The smallest absolute Gasteiger partial charge is 0.180 e. The largest absolute Gasteiger partial charge is 0.435 e. The summed E-state index contributed by atoms with van der Waals surface area (Å²) in [5.74, 6) is 0. The second kappa shape index (κ2) is 4.04. The van der Waals surface area contributed by atoms with Gasteiger partial charge in [0.05, 0.1) is 0 Å². The molecule has 1 aliphatic rings. The number of aliphatic imine (C=N–C) groups is 2. The van der Waals surface area contributed by atoms with Gasteiger partial charge >= 0.3 is 0 Å². The van der Waals surface area contributed by atoms with Crippen molar-refractivity contribution in [2.75, 3.05) is 0 Å². The van der Waals surface area contributed by atoms with Crippen molar-refractivity contribution in [3.05, 3.63) is 0 Å². The second-order valence-electron chi connectivity index (χ2n) is 2.10. The van der Waals surface area contributed by atoms with Crippen molar-refractivity contribution >= 4 is 12.8 Å². The van der Waals surface area contributed by atoms with E-state index in [0.29, 0.717) is 0 Å². The minimum Gasteiger partial charge on any atom is -0.435 e. The molecule has 10 heavy (non-hydrogen) atoms. The molecule has 0 radical (unpaired) electrons. The number of nitrogens with zero attached hydrogens (tertiary/aromatic N) is 2. The first-order valence-corrected chi connectivity index (χ1v) is 3.44. The van der Waals surface area contributed by atoms with E-state index in [1.807, 2.05) is 27.7 Å². The SMILES string of the molecule is CC.CC1(C)N=COC=N1. The van der Waals surface area contributed by atoms with Gasteiger partial charge in [-0.05, 0) is 13.8 Å². The molecule has 0 aromatic heterocycles. The van der Waals surface area contributed by atoms with Crippen LogP contribution in [0.5, 0.6) is 0 Å². The minimum absolute atomic E-state index is 0.307. The van der Waals surface area contributed by atoms with E-state index in [9.17, 15) is 0 Å². The van der Waals surface area contributed by atoms with Gasteiger partial charge in [0, 0.05) is 0 Å². The van der Waals surface area contributed by atoms with Gasteiger partial charge in [-0.25, -0.2) is 9.98 Å². The summed E-state index contributed by atoms with van der Waals surface area (Å²) in [7, 11) is 0. The quantitative estimate of drug-likeness (QED) is 0.508. The fraction of sp³-hybridized carbons (Fsp3) is 0.714. The highest BCUT2D eigenvalue weighted by Gasteiger charge is 2.13. The lowest BCUT2D eigenvalue weighted by molar-refractivity contribution is 0.472. The molecular weight excluding hydrogens is 128 g/mol. The third-order valence-corrected chi connectivity index (χ3v) is 0.859. The van der Waals surface area contributed by atoms with Crippen LogP contribution in [0.1, 0.15) is 27.7 Å². The van der Waals surface area contributed by atoms with Crippen LogP contribution in [-0.2, 0) is 4.74 Å². The van der Waals surface area contributed by atoms with E-state index in [1.165, 1.54) is 12.8 Å². The Bertz CT molecular complexity index is 125. The topological polar surface area (TPSA) is 34.0 Å². The minimum atomic E-state index is -0.307. The Balaban J connectivity index is 0.000000371. The van der Waals surface area contributed by atoms with Crippen LogP contribution in [0.15, 0.2) is 9.98 Å². The lowest BCUT2D eigenvalue weighted by Crippen LogP contribution is -2.17. The molecule has 0 aromatic carbocycles. The van der Waals surface area contributed by atoms with Crippen molar-refractivity contribution in [2.24, 2.45) is 9.98 Å². The highest BCUT2D eigenvalue weighted by atomic mass is 16.5. The first-order chi connectivity index (χ1) is 4.71. The van der Waals surface area contributed by atoms with Gasteiger partial charge in [-0.1, -0.05) is 13.8 Å². The third-order valence-electron chi connectivity index (χ3n) is 0.859. The van der Waals surface area contributed by atoms with Crippen LogP contribution in [0, 0.1) is 0 Å². The van der Waals surface area contributed by atoms with Gasteiger partial charge in [0.15, 0.2) is 18.5 Å². The highest BCUT2D eigenvalue weighted by Crippen LogP contribution is 2.10. The summed E-state index contributed by atoms with van der Waals surface area (Å²) < 4.78 is 4.62. The zero-order valence-corrected chi connectivity index (χ0v) is 6.96. The normalized spacial score (nSPS) is 18.8. The Labute approximate surface area is 61.8 Å². The molecule has 0 unspecified atom stereocenters. The van der Waals surface area contributed by atoms with E-state index in [0.717, 1.165) is 0 Å². The molecule has 0 spiro atoms. The van der Waals surface area contributed by atoms with Crippen molar-refractivity contribution in [1.82, 2.24) is 0 Å². The van der Waals surface area contributed by atoms with E-state index in [-0.39, 0.29) is 5.66 Å². The summed E-state index contributed by atoms with van der Waals surface area (Å²) in [5.41, 5.74) is -0.307. The zero-order valence-electron chi connectivity index (χ0n) is 6.96. The molecule has 58 valence electrons. The second-order valence-corrected chi connectivity index (χ2v) is 2.10. The van der Waals surface area contributed by atoms with Gasteiger partial charge in [-0.15, -0.1) is 0 Å². The monoisotopic (exact) mass is 142 g/mol. The van der Waals surface area contributed by atoms with Crippen molar-refractivity contribution in [3.8, 4) is 0 Å². The van der Waals surface area contributed by atoms with Crippen molar-refractivity contribution < 1.29 is 4.74 Å². The third kappa shape index (κ3) is 3.22. The number of hydrogen-bond donors (Lipinski definition) is 0. The molecule has 1 aliphatic heterocycles. The highest BCUT2D eigenvalue weighted by molar-refractivity contribution is 5.66. The van der Waals surface area contributed by atoms with Crippen LogP contribution in [-0.4, -0.2) is 18.5 Å². The summed E-state index contributed by atoms with van der Waals surface area (Å²) >= 11 is 0. The number of rotatable bonds is 0. The van der Waals surface area contributed by atoms with Gasteiger partial charge < -0.3 is 4.74 Å². The standard InChI is InChI=1S/C5H8N2O.C2H6/c1-5(2)6-3-8-4-7-5;1-2/h3-4H,1-2H3;1-2H3. The lowest BCUT2D eigenvalue weighted by atomic mass is 10.3. The van der Waals surface area contributed by atoms with Crippen LogP contribution in [0.4, 0.5) is 0 Å². The van der Waals surface area contributed by atoms with Crippen LogP contribution >= 0.6 is 0 Å². The molecule has 0 atom stereocenters. The Morgan fingerprint density at radius 1 is 1.10 bits per heavy atom. The maximum absolute atomic E-state index is 4.62.